The smallest absolute Gasteiger partial charge is 0.225 e. The molecule has 2 aliphatic carbocycles. The summed E-state index contributed by atoms with van der Waals surface area (Å²) in [6.45, 7) is 5.96. The lowest BCUT2D eigenvalue weighted by Crippen LogP contribution is -2.52. The summed E-state index contributed by atoms with van der Waals surface area (Å²) in [4.78, 5) is 29.5. The fraction of sp³-hybridized carbons (Fsp3) is 0.783. The van der Waals surface area contributed by atoms with Gasteiger partial charge in [0.15, 0.2) is 0 Å². The Kier molecular flexibility index (Phi) is 5.71. The Morgan fingerprint density at radius 3 is 2.41 bits per heavy atom. The Hall–Kier alpha value is -1.69. The van der Waals surface area contributed by atoms with Crippen molar-refractivity contribution >= 4 is 11.9 Å². The van der Waals surface area contributed by atoms with Crippen molar-refractivity contribution in [2.24, 2.45) is 5.92 Å². The van der Waals surface area contributed by atoms with E-state index in [0.29, 0.717) is 11.8 Å². The van der Waals surface area contributed by atoms with Crippen molar-refractivity contribution < 1.29 is 4.79 Å². The summed E-state index contributed by atoms with van der Waals surface area (Å²) < 4.78 is 0. The predicted molar refractivity (Wildman–Crippen MR) is 114 cm³/mol. The number of piperazine rings is 1. The number of hydrogen-bond acceptors (Lipinski definition) is 5. The van der Waals surface area contributed by atoms with E-state index < -0.39 is 0 Å². The van der Waals surface area contributed by atoms with E-state index in [2.05, 4.69) is 14.7 Å². The van der Waals surface area contributed by atoms with E-state index in [4.69, 9.17) is 9.97 Å². The second-order valence-corrected chi connectivity index (χ2v) is 9.49. The molecule has 1 aromatic heterocycles. The van der Waals surface area contributed by atoms with Crippen LogP contribution in [0.2, 0.25) is 0 Å². The van der Waals surface area contributed by atoms with Crippen molar-refractivity contribution in [3.63, 3.8) is 0 Å². The van der Waals surface area contributed by atoms with Gasteiger partial charge in [-0.25, -0.2) is 9.97 Å². The fourth-order valence-corrected chi connectivity index (χ4v) is 5.50. The molecule has 6 nitrogen and oxygen atoms in total. The second-order valence-electron chi connectivity index (χ2n) is 9.49. The Morgan fingerprint density at radius 1 is 0.931 bits per heavy atom. The highest BCUT2D eigenvalue weighted by molar-refractivity contribution is 5.76. The summed E-state index contributed by atoms with van der Waals surface area (Å²) in [5.41, 5.74) is 2.39. The SMILES string of the molecule is O=C(CC1CCCC1)N1CCc2cnc(N3CCN(C4CCC4)CC3)nc2CC1. The summed E-state index contributed by atoms with van der Waals surface area (Å²) in [7, 11) is 0. The summed E-state index contributed by atoms with van der Waals surface area (Å²) in [5, 5.41) is 0. The molecule has 1 aromatic rings. The average molecular weight is 398 g/mol. The number of rotatable bonds is 4. The van der Waals surface area contributed by atoms with Crippen LogP contribution in [0.1, 0.15) is 62.6 Å². The number of carbonyl (C=O) groups is 1. The van der Waals surface area contributed by atoms with Gasteiger partial charge in [0.25, 0.3) is 0 Å². The molecule has 3 fully saturated rings. The normalized spacial score (nSPS) is 24.3. The topological polar surface area (TPSA) is 52.6 Å². The summed E-state index contributed by atoms with van der Waals surface area (Å²) >= 11 is 0. The van der Waals surface area contributed by atoms with Crippen LogP contribution in [0.25, 0.3) is 0 Å². The van der Waals surface area contributed by atoms with E-state index >= 15 is 0 Å². The monoisotopic (exact) mass is 397 g/mol. The number of anilines is 1. The van der Waals surface area contributed by atoms with Crippen molar-refractivity contribution in [2.45, 2.75) is 70.3 Å². The first-order valence-corrected chi connectivity index (χ1v) is 11.9. The van der Waals surface area contributed by atoms with Crippen LogP contribution in [0.15, 0.2) is 6.20 Å². The van der Waals surface area contributed by atoms with Gasteiger partial charge in [-0.2, -0.15) is 0 Å². The van der Waals surface area contributed by atoms with Crippen molar-refractivity contribution in [2.75, 3.05) is 44.2 Å². The highest BCUT2D eigenvalue weighted by Gasteiger charge is 2.29. The molecule has 1 amide bonds. The Morgan fingerprint density at radius 2 is 1.69 bits per heavy atom. The third-order valence-corrected chi connectivity index (χ3v) is 7.69. The number of aromatic nitrogens is 2. The second kappa shape index (κ2) is 8.58. The van der Waals surface area contributed by atoms with Gasteiger partial charge in [-0.3, -0.25) is 9.69 Å². The Balaban J connectivity index is 1.18. The zero-order valence-corrected chi connectivity index (χ0v) is 17.7. The van der Waals surface area contributed by atoms with Gasteiger partial charge in [0, 0.05) is 64.3 Å². The maximum absolute atomic E-state index is 12.8. The lowest BCUT2D eigenvalue weighted by atomic mass is 9.91. The van der Waals surface area contributed by atoms with Gasteiger partial charge in [-0.15, -0.1) is 0 Å². The summed E-state index contributed by atoms with van der Waals surface area (Å²) in [6, 6.07) is 0.831. The number of carbonyl (C=O) groups excluding carboxylic acids is 1. The molecule has 0 N–H and O–H groups in total. The third-order valence-electron chi connectivity index (χ3n) is 7.69. The molecule has 6 heteroatoms. The highest BCUT2D eigenvalue weighted by Crippen LogP contribution is 2.29. The van der Waals surface area contributed by atoms with Crippen molar-refractivity contribution in [1.29, 1.82) is 0 Å². The summed E-state index contributed by atoms with van der Waals surface area (Å²) in [6.07, 6.45) is 13.8. The lowest BCUT2D eigenvalue weighted by molar-refractivity contribution is -0.132. The number of fused-ring (bicyclic) bond motifs is 1. The average Bonchev–Trinajstić information content (AvgIpc) is 3.11. The van der Waals surface area contributed by atoms with Gasteiger partial charge in [0.1, 0.15) is 0 Å². The quantitative estimate of drug-likeness (QED) is 0.782. The minimum absolute atomic E-state index is 0.352. The molecule has 0 radical (unpaired) electrons. The fourth-order valence-electron chi connectivity index (χ4n) is 5.50. The first kappa shape index (κ1) is 19.3. The minimum Gasteiger partial charge on any atom is -0.342 e. The molecule has 0 aromatic carbocycles. The zero-order valence-electron chi connectivity index (χ0n) is 17.7. The molecule has 2 saturated carbocycles. The molecule has 4 aliphatic rings. The predicted octanol–water partition coefficient (Wildman–Crippen LogP) is 2.66. The molecule has 0 spiro atoms. The third kappa shape index (κ3) is 4.27. The molecule has 0 bridgehead atoms. The molecule has 2 aliphatic heterocycles. The van der Waals surface area contributed by atoms with E-state index in [1.54, 1.807) is 0 Å². The van der Waals surface area contributed by atoms with Crippen molar-refractivity contribution in [1.82, 2.24) is 19.8 Å². The van der Waals surface area contributed by atoms with Crippen LogP contribution >= 0.6 is 0 Å². The van der Waals surface area contributed by atoms with Crippen LogP contribution < -0.4 is 4.90 Å². The number of hydrogen-bond donors (Lipinski definition) is 0. The van der Waals surface area contributed by atoms with E-state index in [9.17, 15) is 4.79 Å². The van der Waals surface area contributed by atoms with E-state index in [-0.39, 0.29) is 0 Å². The first-order valence-electron chi connectivity index (χ1n) is 11.9. The molecule has 5 rings (SSSR count). The zero-order chi connectivity index (χ0) is 19.6. The maximum Gasteiger partial charge on any atom is 0.225 e. The van der Waals surface area contributed by atoms with E-state index in [1.807, 2.05) is 6.20 Å². The molecule has 0 atom stereocenters. The number of nitrogens with zero attached hydrogens (tertiary/aromatic N) is 5. The molecule has 29 heavy (non-hydrogen) atoms. The summed E-state index contributed by atoms with van der Waals surface area (Å²) in [5.74, 6) is 1.87. The molecular formula is C23H35N5O. The van der Waals surface area contributed by atoms with E-state index in [1.165, 1.54) is 50.5 Å². The van der Waals surface area contributed by atoms with E-state index in [0.717, 1.165) is 76.2 Å². The highest BCUT2D eigenvalue weighted by atomic mass is 16.2. The minimum atomic E-state index is 0.352. The van der Waals surface area contributed by atoms with Crippen molar-refractivity contribution in [3.8, 4) is 0 Å². The van der Waals surface area contributed by atoms with Gasteiger partial charge in [-0.05, 0) is 43.6 Å². The first-order chi connectivity index (χ1) is 14.3. The van der Waals surface area contributed by atoms with Gasteiger partial charge >= 0.3 is 0 Å². The van der Waals surface area contributed by atoms with Crippen LogP contribution in [-0.4, -0.2) is 71.0 Å². The Labute approximate surface area is 174 Å². The van der Waals surface area contributed by atoms with Crippen LogP contribution in [0.3, 0.4) is 0 Å². The van der Waals surface area contributed by atoms with Gasteiger partial charge in [0.2, 0.25) is 11.9 Å². The molecular weight excluding hydrogens is 362 g/mol. The van der Waals surface area contributed by atoms with Crippen molar-refractivity contribution in [3.05, 3.63) is 17.5 Å². The van der Waals surface area contributed by atoms with Crippen LogP contribution in [0.4, 0.5) is 5.95 Å². The molecule has 3 heterocycles. The Bertz CT molecular complexity index is 720. The maximum atomic E-state index is 12.8. The molecule has 158 valence electrons. The largest absolute Gasteiger partial charge is 0.342 e. The molecule has 0 unspecified atom stereocenters. The van der Waals surface area contributed by atoms with Crippen LogP contribution in [-0.2, 0) is 17.6 Å². The van der Waals surface area contributed by atoms with Gasteiger partial charge in [0.05, 0.1) is 5.69 Å². The van der Waals surface area contributed by atoms with Gasteiger partial charge < -0.3 is 9.80 Å². The standard InChI is InChI=1S/C23H35N5O/c29-22(16-18-4-1-2-5-18)27-10-8-19-17-24-23(25-21(19)9-11-27)28-14-12-26(13-15-28)20-6-3-7-20/h17-18,20H,1-16H2. The lowest BCUT2D eigenvalue weighted by Gasteiger charge is -2.43. The van der Waals surface area contributed by atoms with Crippen LogP contribution in [0.5, 0.6) is 0 Å². The number of amides is 1. The van der Waals surface area contributed by atoms with Gasteiger partial charge in [-0.1, -0.05) is 19.3 Å². The van der Waals surface area contributed by atoms with Crippen LogP contribution in [0, 0.1) is 5.92 Å². The molecule has 1 saturated heterocycles.